The Labute approximate surface area is 113 Å². The number of rotatable bonds is 3. The van der Waals surface area contributed by atoms with Crippen LogP contribution in [0, 0.1) is 29.1 Å². The summed E-state index contributed by atoms with van der Waals surface area (Å²) in [5.74, 6) is 0.863. The lowest BCUT2D eigenvalue weighted by molar-refractivity contribution is -0.165. The summed E-state index contributed by atoms with van der Waals surface area (Å²) in [5, 5.41) is 0. The summed E-state index contributed by atoms with van der Waals surface area (Å²) in [4.78, 5) is 23.9. The van der Waals surface area contributed by atoms with Crippen molar-refractivity contribution in [1.29, 1.82) is 0 Å². The van der Waals surface area contributed by atoms with E-state index in [1.54, 1.807) is 0 Å². The van der Waals surface area contributed by atoms with Crippen LogP contribution in [0.1, 0.15) is 40.0 Å². The van der Waals surface area contributed by atoms with Crippen LogP contribution < -0.4 is 0 Å². The highest BCUT2D eigenvalue weighted by Gasteiger charge is 2.60. The molecule has 4 heteroatoms. The number of esters is 2. The number of hydrogen-bond acceptors (Lipinski definition) is 4. The van der Waals surface area contributed by atoms with Crippen molar-refractivity contribution < 1.29 is 19.1 Å². The first-order valence-electron chi connectivity index (χ1n) is 7.31. The summed E-state index contributed by atoms with van der Waals surface area (Å²) in [6.45, 7) is 6.39. The molecule has 3 aliphatic rings. The Bertz CT molecular complexity index is 414. The number of ether oxygens (including phenoxy) is 2. The quantitative estimate of drug-likeness (QED) is 0.735. The average Bonchev–Trinajstić information content (AvgIpc) is 3.02. The Morgan fingerprint density at radius 3 is 2.79 bits per heavy atom. The highest BCUT2D eigenvalue weighted by atomic mass is 16.6. The Hall–Kier alpha value is -1.06. The maximum atomic E-state index is 12.2. The van der Waals surface area contributed by atoms with Crippen LogP contribution in [0.25, 0.3) is 0 Å². The van der Waals surface area contributed by atoms with E-state index in [4.69, 9.17) is 9.47 Å². The molecule has 0 aromatic heterocycles. The number of carbonyl (C=O) groups excluding carboxylic acids is 2. The molecular weight excluding hydrogens is 244 g/mol. The second kappa shape index (κ2) is 4.22. The molecule has 2 bridgehead atoms. The molecule has 4 nitrogen and oxygen atoms in total. The van der Waals surface area contributed by atoms with Crippen molar-refractivity contribution >= 4 is 11.9 Å². The molecule has 1 aliphatic heterocycles. The molecule has 5 atom stereocenters. The van der Waals surface area contributed by atoms with Gasteiger partial charge in [0.05, 0.1) is 17.9 Å². The molecule has 3 fully saturated rings. The van der Waals surface area contributed by atoms with Crippen molar-refractivity contribution in [2.45, 2.75) is 46.1 Å². The topological polar surface area (TPSA) is 52.6 Å². The average molecular weight is 266 g/mol. The van der Waals surface area contributed by atoms with Gasteiger partial charge in [-0.3, -0.25) is 9.59 Å². The van der Waals surface area contributed by atoms with E-state index >= 15 is 0 Å². The fourth-order valence-corrected chi connectivity index (χ4v) is 3.85. The summed E-state index contributed by atoms with van der Waals surface area (Å²) >= 11 is 0. The molecule has 19 heavy (non-hydrogen) atoms. The van der Waals surface area contributed by atoms with Crippen molar-refractivity contribution in [1.82, 2.24) is 0 Å². The highest BCUT2D eigenvalue weighted by Crippen LogP contribution is 2.56. The summed E-state index contributed by atoms with van der Waals surface area (Å²) in [6, 6.07) is 0. The van der Waals surface area contributed by atoms with Crippen molar-refractivity contribution in [3.63, 3.8) is 0 Å². The van der Waals surface area contributed by atoms with E-state index < -0.39 is 5.41 Å². The van der Waals surface area contributed by atoms with Gasteiger partial charge in [0, 0.05) is 11.8 Å². The summed E-state index contributed by atoms with van der Waals surface area (Å²) in [5.41, 5.74) is -0.433. The lowest BCUT2D eigenvalue weighted by Gasteiger charge is -2.31. The molecule has 2 saturated carbocycles. The van der Waals surface area contributed by atoms with Crippen LogP contribution in [0.5, 0.6) is 0 Å². The summed E-state index contributed by atoms with van der Waals surface area (Å²) in [7, 11) is 0. The molecule has 0 radical (unpaired) electrons. The van der Waals surface area contributed by atoms with Gasteiger partial charge in [-0.15, -0.1) is 0 Å². The summed E-state index contributed by atoms with van der Waals surface area (Å²) in [6.07, 6.45) is 2.62. The van der Waals surface area contributed by atoms with Crippen LogP contribution >= 0.6 is 0 Å². The molecule has 1 saturated heterocycles. The molecule has 2 aliphatic carbocycles. The largest absolute Gasteiger partial charge is 0.465 e. The van der Waals surface area contributed by atoms with Crippen molar-refractivity contribution in [3.05, 3.63) is 0 Å². The normalized spacial score (nSPS) is 40.2. The predicted octanol–water partition coefficient (Wildman–Crippen LogP) is 2.16. The van der Waals surface area contributed by atoms with E-state index in [9.17, 15) is 9.59 Å². The number of hydrogen-bond donors (Lipinski definition) is 0. The van der Waals surface area contributed by atoms with E-state index in [2.05, 4.69) is 0 Å². The molecule has 1 heterocycles. The molecule has 0 N–H and O–H groups in total. The van der Waals surface area contributed by atoms with Crippen LogP contribution in [0.4, 0.5) is 0 Å². The first-order chi connectivity index (χ1) is 8.94. The minimum Gasteiger partial charge on any atom is -0.465 e. The first-order valence-corrected chi connectivity index (χ1v) is 7.31. The molecule has 0 spiro atoms. The molecule has 3 rings (SSSR count). The van der Waals surface area contributed by atoms with Gasteiger partial charge in [0.15, 0.2) is 0 Å². The fourth-order valence-electron chi connectivity index (χ4n) is 3.85. The molecule has 0 aromatic carbocycles. The smallest absolute Gasteiger partial charge is 0.311 e. The zero-order valence-electron chi connectivity index (χ0n) is 11.8. The molecule has 4 unspecified atom stereocenters. The van der Waals surface area contributed by atoms with E-state index in [0.717, 1.165) is 19.3 Å². The predicted molar refractivity (Wildman–Crippen MR) is 68.1 cm³/mol. The fraction of sp³-hybridized carbons (Fsp3) is 0.867. The van der Waals surface area contributed by atoms with E-state index in [1.165, 1.54) is 0 Å². The van der Waals surface area contributed by atoms with E-state index in [-0.39, 0.29) is 29.9 Å². The van der Waals surface area contributed by atoms with Gasteiger partial charge in [-0.1, -0.05) is 6.92 Å². The van der Waals surface area contributed by atoms with Crippen LogP contribution in [-0.2, 0) is 19.1 Å². The van der Waals surface area contributed by atoms with Gasteiger partial charge in [-0.05, 0) is 39.0 Å². The third-order valence-electron chi connectivity index (χ3n) is 5.50. The van der Waals surface area contributed by atoms with Crippen LogP contribution in [0.2, 0.25) is 0 Å². The van der Waals surface area contributed by atoms with Gasteiger partial charge < -0.3 is 9.47 Å². The third-order valence-corrected chi connectivity index (χ3v) is 5.50. The van der Waals surface area contributed by atoms with Crippen molar-refractivity contribution in [3.8, 4) is 0 Å². The second-order valence-corrected chi connectivity index (χ2v) is 6.90. The third kappa shape index (κ3) is 1.87. The van der Waals surface area contributed by atoms with Crippen molar-refractivity contribution in [2.24, 2.45) is 29.1 Å². The lowest BCUT2D eigenvalue weighted by Crippen LogP contribution is -2.38. The molecular formula is C15H22O4. The number of carbonyl (C=O) groups is 2. The zero-order chi connectivity index (χ0) is 13.8. The Morgan fingerprint density at radius 2 is 2.11 bits per heavy atom. The van der Waals surface area contributed by atoms with Crippen molar-refractivity contribution in [2.75, 3.05) is 6.61 Å². The molecule has 0 amide bonds. The SMILES string of the molecule is CCC(C)(C)C(=O)OC1CC2CC1C1C(=O)OC[C@@H]21. The minimum absolute atomic E-state index is 0.0127. The maximum absolute atomic E-state index is 12.2. The monoisotopic (exact) mass is 266 g/mol. The Balaban J connectivity index is 1.69. The minimum atomic E-state index is -0.433. The summed E-state index contributed by atoms with van der Waals surface area (Å²) < 4.78 is 10.9. The van der Waals surface area contributed by atoms with Crippen LogP contribution in [-0.4, -0.2) is 24.6 Å². The Morgan fingerprint density at radius 1 is 1.37 bits per heavy atom. The van der Waals surface area contributed by atoms with Crippen LogP contribution in [0.3, 0.4) is 0 Å². The van der Waals surface area contributed by atoms with Crippen LogP contribution in [0.15, 0.2) is 0 Å². The molecule has 0 aromatic rings. The lowest BCUT2D eigenvalue weighted by atomic mass is 9.79. The number of cyclic esters (lactones) is 1. The van der Waals surface area contributed by atoms with Gasteiger partial charge in [0.25, 0.3) is 0 Å². The number of fused-ring (bicyclic) bond motifs is 5. The van der Waals surface area contributed by atoms with Gasteiger partial charge in [0.1, 0.15) is 6.10 Å². The molecule has 106 valence electrons. The van der Waals surface area contributed by atoms with E-state index in [0.29, 0.717) is 18.4 Å². The van der Waals surface area contributed by atoms with Gasteiger partial charge in [-0.2, -0.15) is 0 Å². The van der Waals surface area contributed by atoms with E-state index in [1.807, 2.05) is 20.8 Å². The first kappa shape index (κ1) is 12.9. The maximum Gasteiger partial charge on any atom is 0.311 e. The second-order valence-electron chi connectivity index (χ2n) is 6.90. The van der Waals surface area contributed by atoms with Gasteiger partial charge in [0.2, 0.25) is 0 Å². The zero-order valence-corrected chi connectivity index (χ0v) is 11.8. The highest BCUT2D eigenvalue weighted by molar-refractivity contribution is 5.77. The standard InChI is InChI=1S/C15H22O4/c1-4-15(2,3)14(17)19-11-6-8-5-9(11)12-10(8)7-18-13(12)16/h8-12H,4-7H2,1-3H3/t8?,9?,10-,11?,12?/m0/s1. The van der Waals surface area contributed by atoms with Gasteiger partial charge in [-0.25, -0.2) is 0 Å². The van der Waals surface area contributed by atoms with Gasteiger partial charge >= 0.3 is 11.9 Å². The Kier molecular flexibility index (Phi) is 2.88.